The molecular formula is C22H26BrN3O3. The standard InChI is InChI=1S/C22H26BrN3O3/c1-2-25-11-9-17(10-12-25)26(22(27)24-19-6-4-3-5-18(19)23)14-16-7-8-20-21(13-16)29-15-28-20/h3-8,13,17H,2,9-12,14-15H2,1H3,(H,24,27). The number of piperidine rings is 1. The van der Waals surface area contributed by atoms with Crippen LogP contribution in [-0.2, 0) is 6.54 Å². The zero-order valence-electron chi connectivity index (χ0n) is 16.6. The smallest absolute Gasteiger partial charge is 0.322 e. The Morgan fingerprint density at radius 3 is 2.69 bits per heavy atom. The van der Waals surface area contributed by atoms with E-state index in [1.165, 1.54) is 0 Å². The normalized spacial score (nSPS) is 16.6. The Bertz CT molecular complexity index is 868. The van der Waals surface area contributed by atoms with E-state index in [0.29, 0.717) is 6.54 Å². The summed E-state index contributed by atoms with van der Waals surface area (Å²) in [7, 11) is 0. The molecule has 2 aliphatic rings. The number of para-hydroxylation sites is 1. The summed E-state index contributed by atoms with van der Waals surface area (Å²) in [6, 6.07) is 13.7. The number of nitrogens with one attached hydrogen (secondary N) is 1. The fraction of sp³-hybridized carbons (Fsp3) is 0.409. The van der Waals surface area contributed by atoms with Gasteiger partial charge in [-0.25, -0.2) is 4.79 Å². The fourth-order valence-corrected chi connectivity index (χ4v) is 4.28. The molecule has 2 heterocycles. The molecule has 0 saturated carbocycles. The molecule has 0 atom stereocenters. The largest absolute Gasteiger partial charge is 0.454 e. The van der Waals surface area contributed by atoms with Crippen molar-refractivity contribution >= 4 is 27.6 Å². The summed E-state index contributed by atoms with van der Waals surface area (Å²) in [4.78, 5) is 17.7. The summed E-state index contributed by atoms with van der Waals surface area (Å²) in [6.45, 7) is 6.05. The van der Waals surface area contributed by atoms with E-state index in [2.05, 4.69) is 33.1 Å². The number of hydrogen-bond donors (Lipinski definition) is 1. The first-order valence-electron chi connectivity index (χ1n) is 10.1. The van der Waals surface area contributed by atoms with Crippen LogP contribution in [0.3, 0.4) is 0 Å². The highest BCUT2D eigenvalue weighted by atomic mass is 79.9. The highest BCUT2D eigenvalue weighted by Gasteiger charge is 2.28. The van der Waals surface area contributed by atoms with Crippen LogP contribution in [0.1, 0.15) is 25.3 Å². The summed E-state index contributed by atoms with van der Waals surface area (Å²) in [5.74, 6) is 1.50. The number of carbonyl (C=O) groups is 1. The number of urea groups is 1. The third-order valence-corrected chi connectivity index (χ3v) is 6.30. The molecule has 2 aliphatic heterocycles. The molecule has 0 aromatic heterocycles. The van der Waals surface area contributed by atoms with Crippen molar-refractivity contribution in [2.24, 2.45) is 0 Å². The van der Waals surface area contributed by atoms with Crippen LogP contribution in [-0.4, -0.2) is 48.3 Å². The highest BCUT2D eigenvalue weighted by molar-refractivity contribution is 9.10. The van der Waals surface area contributed by atoms with E-state index in [0.717, 1.165) is 59.7 Å². The van der Waals surface area contributed by atoms with Gasteiger partial charge < -0.3 is 24.6 Å². The van der Waals surface area contributed by atoms with Crippen LogP contribution in [0.15, 0.2) is 46.9 Å². The molecule has 29 heavy (non-hydrogen) atoms. The van der Waals surface area contributed by atoms with Crippen molar-refractivity contribution in [1.29, 1.82) is 0 Å². The van der Waals surface area contributed by atoms with Crippen molar-refractivity contribution in [3.05, 3.63) is 52.5 Å². The third kappa shape index (κ3) is 4.67. The highest BCUT2D eigenvalue weighted by Crippen LogP contribution is 2.33. The Labute approximate surface area is 179 Å². The van der Waals surface area contributed by atoms with Crippen molar-refractivity contribution in [2.45, 2.75) is 32.4 Å². The fourth-order valence-electron chi connectivity index (χ4n) is 3.90. The maximum Gasteiger partial charge on any atom is 0.322 e. The summed E-state index contributed by atoms with van der Waals surface area (Å²) >= 11 is 3.52. The van der Waals surface area contributed by atoms with Gasteiger partial charge in [-0.3, -0.25) is 0 Å². The van der Waals surface area contributed by atoms with E-state index in [1.807, 2.05) is 47.4 Å². The first-order valence-corrected chi connectivity index (χ1v) is 10.9. The molecule has 2 aromatic rings. The summed E-state index contributed by atoms with van der Waals surface area (Å²) in [5, 5.41) is 3.08. The molecule has 0 spiro atoms. The topological polar surface area (TPSA) is 54.0 Å². The number of halogens is 1. The first kappa shape index (κ1) is 20.0. The van der Waals surface area contributed by atoms with Gasteiger partial charge in [0.25, 0.3) is 0 Å². The second-order valence-electron chi connectivity index (χ2n) is 7.39. The van der Waals surface area contributed by atoms with E-state index in [1.54, 1.807) is 0 Å². The molecule has 154 valence electrons. The Morgan fingerprint density at radius 2 is 1.93 bits per heavy atom. The minimum atomic E-state index is -0.0792. The zero-order chi connectivity index (χ0) is 20.2. The second-order valence-corrected chi connectivity index (χ2v) is 8.25. The maximum atomic E-state index is 13.3. The van der Waals surface area contributed by atoms with E-state index >= 15 is 0 Å². The SMILES string of the molecule is CCN1CCC(N(Cc2ccc3c(c2)OCO3)C(=O)Nc2ccccc2Br)CC1. The van der Waals surface area contributed by atoms with Crippen LogP contribution in [0.5, 0.6) is 11.5 Å². The van der Waals surface area contributed by atoms with E-state index in [4.69, 9.17) is 9.47 Å². The lowest BCUT2D eigenvalue weighted by Gasteiger charge is -2.38. The molecule has 0 unspecified atom stereocenters. The molecule has 6 nitrogen and oxygen atoms in total. The van der Waals surface area contributed by atoms with Gasteiger partial charge in [0.05, 0.1) is 5.69 Å². The van der Waals surface area contributed by atoms with Gasteiger partial charge in [-0.15, -0.1) is 0 Å². The average Bonchev–Trinajstić information content (AvgIpc) is 3.21. The van der Waals surface area contributed by atoms with Crippen LogP contribution in [0.25, 0.3) is 0 Å². The van der Waals surface area contributed by atoms with Crippen LogP contribution in [0.4, 0.5) is 10.5 Å². The molecule has 4 rings (SSSR count). The Morgan fingerprint density at radius 1 is 1.17 bits per heavy atom. The maximum absolute atomic E-state index is 13.3. The van der Waals surface area contributed by atoms with Crippen LogP contribution in [0.2, 0.25) is 0 Å². The average molecular weight is 460 g/mol. The lowest BCUT2D eigenvalue weighted by molar-refractivity contribution is 0.126. The van der Waals surface area contributed by atoms with Crippen LogP contribution < -0.4 is 14.8 Å². The number of nitrogens with zero attached hydrogens (tertiary/aromatic N) is 2. The summed E-state index contributed by atoms with van der Waals surface area (Å²) in [6.07, 6.45) is 1.95. The molecule has 1 fully saturated rings. The lowest BCUT2D eigenvalue weighted by atomic mass is 10.0. The number of anilines is 1. The number of ether oxygens (including phenoxy) is 2. The minimum Gasteiger partial charge on any atom is -0.454 e. The third-order valence-electron chi connectivity index (χ3n) is 5.61. The molecule has 2 amide bonds. The van der Waals surface area contributed by atoms with Gasteiger partial charge in [0.1, 0.15) is 0 Å². The number of amides is 2. The van der Waals surface area contributed by atoms with Crippen molar-refractivity contribution < 1.29 is 14.3 Å². The molecule has 0 bridgehead atoms. The van der Waals surface area contributed by atoms with Crippen LogP contribution >= 0.6 is 15.9 Å². The molecule has 1 N–H and O–H groups in total. The zero-order valence-corrected chi connectivity index (χ0v) is 18.2. The monoisotopic (exact) mass is 459 g/mol. The van der Waals surface area contributed by atoms with Gasteiger partial charge in [0, 0.05) is 30.1 Å². The predicted octanol–water partition coefficient (Wildman–Crippen LogP) is 4.70. The number of rotatable bonds is 5. The minimum absolute atomic E-state index is 0.0792. The Balaban J connectivity index is 1.53. The van der Waals surface area contributed by atoms with Gasteiger partial charge in [-0.05, 0) is 65.1 Å². The lowest BCUT2D eigenvalue weighted by Crippen LogP contribution is -2.48. The summed E-state index contributed by atoms with van der Waals surface area (Å²) in [5.41, 5.74) is 1.81. The molecule has 1 saturated heterocycles. The molecule has 0 radical (unpaired) electrons. The van der Waals surface area contributed by atoms with Gasteiger partial charge in [-0.2, -0.15) is 0 Å². The number of fused-ring (bicyclic) bond motifs is 1. The summed E-state index contributed by atoms with van der Waals surface area (Å²) < 4.78 is 11.8. The van der Waals surface area contributed by atoms with Crippen molar-refractivity contribution in [1.82, 2.24) is 9.80 Å². The van der Waals surface area contributed by atoms with Gasteiger partial charge in [0.2, 0.25) is 6.79 Å². The van der Waals surface area contributed by atoms with Crippen molar-refractivity contribution in [2.75, 3.05) is 31.7 Å². The number of hydrogen-bond acceptors (Lipinski definition) is 4. The quantitative estimate of drug-likeness (QED) is 0.703. The van der Waals surface area contributed by atoms with Crippen LogP contribution in [0, 0.1) is 0 Å². The number of likely N-dealkylation sites (tertiary alicyclic amines) is 1. The molecular weight excluding hydrogens is 434 g/mol. The predicted molar refractivity (Wildman–Crippen MR) is 116 cm³/mol. The van der Waals surface area contributed by atoms with Crippen molar-refractivity contribution in [3.8, 4) is 11.5 Å². The first-order chi connectivity index (χ1) is 14.1. The van der Waals surface area contributed by atoms with Gasteiger partial charge in [-0.1, -0.05) is 25.1 Å². The van der Waals surface area contributed by atoms with Gasteiger partial charge in [0.15, 0.2) is 11.5 Å². The second kappa shape index (κ2) is 9.05. The van der Waals surface area contributed by atoms with Crippen molar-refractivity contribution in [3.63, 3.8) is 0 Å². The molecule has 7 heteroatoms. The molecule has 2 aromatic carbocycles. The van der Waals surface area contributed by atoms with E-state index in [9.17, 15) is 4.79 Å². The number of carbonyl (C=O) groups excluding carboxylic acids is 1. The van der Waals surface area contributed by atoms with E-state index < -0.39 is 0 Å². The Hall–Kier alpha value is -2.25. The van der Waals surface area contributed by atoms with E-state index in [-0.39, 0.29) is 18.9 Å². The number of benzene rings is 2. The molecule has 0 aliphatic carbocycles. The van der Waals surface area contributed by atoms with Gasteiger partial charge >= 0.3 is 6.03 Å². The Kier molecular flexibility index (Phi) is 6.25.